The third-order valence-electron chi connectivity index (χ3n) is 2.81. The lowest BCUT2D eigenvalue weighted by Gasteiger charge is -2.17. The van der Waals surface area contributed by atoms with E-state index in [9.17, 15) is 29.8 Å². The largest absolute Gasteiger partial charge is 0.480 e. The smallest absolute Gasteiger partial charge is 0.326 e. The van der Waals surface area contributed by atoms with E-state index in [2.05, 4.69) is 5.32 Å². The molecule has 0 unspecified atom stereocenters. The Hall–Kier alpha value is -3.04. The number of carbonyl (C=O) groups is 2. The number of rotatable bonds is 6. The first-order chi connectivity index (χ1) is 10.1. The highest BCUT2D eigenvalue weighted by molar-refractivity contribution is 5.97. The van der Waals surface area contributed by atoms with Gasteiger partial charge in [-0.05, 0) is 5.92 Å². The molecule has 0 spiro atoms. The van der Waals surface area contributed by atoms with Crippen LogP contribution in [0.1, 0.15) is 24.2 Å². The molecule has 0 heterocycles. The number of aliphatic carboxylic acids is 1. The Labute approximate surface area is 124 Å². The predicted molar refractivity (Wildman–Crippen MR) is 73.5 cm³/mol. The van der Waals surface area contributed by atoms with Crippen LogP contribution in [0.15, 0.2) is 18.2 Å². The number of nitro benzene ring substituents is 2. The third-order valence-corrected chi connectivity index (χ3v) is 2.81. The second-order valence-electron chi connectivity index (χ2n) is 4.79. The summed E-state index contributed by atoms with van der Waals surface area (Å²) in [5.74, 6) is -2.65. The highest BCUT2D eigenvalue weighted by Crippen LogP contribution is 2.22. The Bertz CT molecular complexity index is 609. The van der Waals surface area contributed by atoms with Gasteiger partial charge in [-0.1, -0.05) is 13.8 Å². The second kappa shape index (κ2) is 6.61. The molecular weight excluding hydrogens is 298 g/mol. The standard InChI is InChI=1S/C12H13N3O7/c1-6(2)10(12(17)18)13-11(16)7-3-8(14(19)20)5-9(4-7)15(21)22/h3-6,10H,1-2H3,(H,13,16)(H,17,18)/t10-/m1/s1. The van der Waals surface area contributed by atoms with E-state index < -0.39 is 45.1 Å². The summed E-state index contributed by atoms with van der Waals surface area (Å²) < 4.78 is 0. The van der Waals surface area contributed by atoms with E-state index in [1.165, 1.54) is 0 Å². The fraction of sp³-hybridized carbons (Fsp3) is 0.333. The zero-order chi connectivity index (χ0) is 17.0. The molecule has 22 heavy (non-hydrogen) atoms. The van der Waals surface area contributed by atoms with Crippen LogP contribution in [0.2, 0.25) is 0 Å². The molecule has 10 nitrogen and oxygen atoms in total. The van der Waals surface area contributed by atoms with Gasteiger partial charge in [-0.15, -0.1) is 0 Å². The van der Waals surface area contributed by atoms with Crippen LogP contribution >= 0.6 is 0 Å². The highest BCUT2D eigenvalue weighted by atomic mass is 16.6. The second-order valence-corrected chi connectivity index (χ2v) is 4.79. The maximum atomic E-state index is 12.0. The minimum atomic E-state index is -1.27. The van der Waals surface area contributed by atoms with Gasteiger partial charge in [0.05, 0.1) is 21.5 Å². The fourth-order valence-electron chi connectivity index (χ4n) is 1.68. The summed E-state index contributed by atoms with van der Waals surface area (Å²) in [6.45, 7) is 3.13. The molecule has 118 valence electrons. The molecule has 0 fully saturated rings. The first kappa shape index (κ1) is 17.0. The molecule has 10 heteroatoms. The molecule has 1 amide bonds. The summed E-state index contributed by atoms with van der Waals surface area (Å²) in [6, 6.07) is 1.20. The van der Waals surface area contributed by atoms with Crippen LogP contribution in [0, 0.1) is 26.1 Å². The Morgan fingerprint density at radius 3 is 1.86 bits per heavy atom. The van der Waals surface area contributed by atoms with Crippen molar-refractivity contribution in [2.24, 2.45) is 5.92 Å². The summed E-state index contributed by atoms with van der Waals surface area (Å²) in [6.07, 6.45) is 0. The van der Waals surface area contributed by atoms with Crippen molar-refractivity contribution in [1.29, 1.82) is 0 Å². The Morgan fingerprint density at radius 2 is 1.55 bits per heavy atom. The van der Waals surface area contributed by atoms with E-state index in [0.29, 0.717) is 6.07 Å². The SMILES string of the molecule is CC(C)[C@@H](NC(=O)c1cc([N+](=O)[O-])cc([N+](=O)[O-])c1)C(=O)O. The lowest BCUT2D eigenvalue weighted by atomic mass is 10.0. The summed E-state index contributed by atoms with van der Waals surface area (Å²) in [4.78, 5) is 42.8. The van der Waals surface area contributed by atoms with E-state index >= 15 is 0 Å². The van der Waals surface area contributed by atoms with Gasteiger partial charge in [-0.3, -0.25) is 25.0 Å². The third kappa shape index (κ3) is 3.98. The maximum absolute atomic E-state index is 12.0. The summed E-state index contributed by atoms with van der Waals surface area (Å²) in [7, 11) is 0. The molecule has 1 rings (SSSR count). The van der Waals surface area contributed by atoms with Crippen molar-refractivity contribution in [3.63, 3.8) is 0 Å². The van der Waals surface area contributed by atoms with E-state index in [4.69, 9.17) is 5.11 Å². The van der Waals surface area contributed by atoms with Crippen molar-refractivity contribution in [3.05, 3.63) is 44.0 Å². The van der Waals surface area contributed by atoms with Crippen molar-refractivity contribution in [2.75, 3.05) is 0 Å². The van der Waals surface area contributed by atoms with Crippen molar-refractivity contribution < 1.29 is 24.5 Å². The molecule has 1 atom stereocenters. The van der Waals surface area contributed by atoms with Gasteiger partial charge in [0.1, 0.15) is 6.04 Å². The van der Waals surface area contributed by atoms with Crippen molar-refractivity contribution in [1.82, 2.24) is 5.32 Å². The number of carboxylic acid groups (broad SMARTS) is 1. The zero-order valence-electron chi connectivity index (χ0n) is 11.7. The van der Waals surface area contributed by atoms with E-state index in [1.54, 1.807) is 13.8 Å². The molecule has 1 aromatic rings. The topological polar surface area (TPSA) is 153 Å². The molecule has 0 aliphatic carbocycles. The summed E-state index contributed by atoms with van der Waals surface area (Å²) >= 11 is 0. The average Bonchev–Trinajstić information content (AvgIpc) is 2.42. The normalized spacial score (nSPS) is 11.8. The van der Waals surface area contributed by atoms with Crippen molar-refractivity contribution >= 4 is 23.3 Å². The monoisotopic (exact) mass is 311 g/mol. The number of non-ortho nitro benzene ring substituents is 2. The highest BCUT2D eigenvalue weighted by Gasteiger charge is 2.26. The number of benzene rings is 1. The van der Waals surface area contributed by atoms with Gasteiger partial charge in [-0.2, -0.15) is 0 Å². The molecule has 0 aromatic heterocycles. The number of amides is 1. The van der Waals surface area contributed by atoms with Crippen LogP contribution in [-0.2, 0) is 4.79 Å². The molecule has 2 N–H and O–H groups in total. The number of carbonyl (C=O) groups excluding carboxylic acids is 1. The summed E-state index contributed by atoms with van der Waals surface area (Å²) in [5.41, 5.74) is -1.61. The first-order valence-electron chi connectivity index (χ1n) is 6.11. The quantitative estimate of drug-likeness (QED) is 0.593. The molecular formula is C12H13N3O7. The molecule has 0 radical (unpaired) electrons. The number of nitrogens with one attached hydrogen (secondary N) is 1. The number of carboxylic acids is 1. The van der Waals surface area contributed by atoms with Gasteiger partial charge >= 0.3 is 5.97 Å². The molecule has 0 saturated carbocycles. The van der Waals surface area contributed by atoms with Crippen LogP contribution in [-0.4, -0.2) is 32.9 Å². The van der Waals surface area contributed by atoms with Crippen molar-refractivity contribution in [3.8, 4) is 0 Å². The van der Waals surface area contributed by atoms with E-state index in [-0.39, 0.29) is 5.56 Å². The van der Waals surface area contributed by atoms with E-state index in [0.717, 1.165) is 12.1 Å². The van der Waals surface area contributed by atoms with Crippen LogP contribution < -0.4 is 5.32 Å². The van der Waals surface area contributed by atoms with Crippen molar-refractivity contribution in [2.45, 2.75) is 19.9 Å². The molecule has 0 aliphatic heterocycles. The number of hydrogen-bond acceptors (Lipinski definition) is 6. The number of nitro groups is 2. The van der Waals surface area contributed by atoms with Gasteiger partial charge in [-0.25, -0.2) is 4.79 Å². The fourth-order valence-corrected chi connectivity index (χ4v) is 1.68. The van der Waals surface area contributed by atoms with Gasteiger partial charge in [0.25, 0.3) is 17.3 Å². The maximum Gasteiger partial charge on any atom is 0.326 e. The Kier molecular flexibility index (Phi) is 5.11. The lowest BCUT2D eigenvalue weighted by molar-refractivity contribution is -0.394. The summed E-state index contributed by atoms with van der Waals surface area (Å²) in [5, 5.41) is 32.7. The molecule has 0 saturated heterocycles. The number of nitrogens with zero attached hydrogens (tertiary/aromatic N) is 2. The van der Waals surface area contributed by atoms with Gasteiger partial charge < -0.3 is 10.4 Å². The van der Waals surface area contributed by atoms with Crippen LogP contribution in [0.4, 0.5) is 11.4 Å². The molecule has 0 bridgehead atoms. The van der Waals surface area contributed by atoms with Gasteiger partial charge in [0.15, 0.2) is 0 Å². The zero-order valence-corrected chi connectivity index (χ0v) is 11.7. The molecule has 0 aliphatic rings. The molecule has 1 aromatic carbocycles. The van der Waals surface area contributed by atoms with Gasteiger partial charge in [0.2, 0.25) is 0 Å². The Balaban J connectivity index is 3.19. The average molecular weight is 311 g/mol. The minimum Gasteiger partial charge on any atom is -0.480 e. The van der Waals surface area contributed by atoms with Crippen LogP contribution in [0.25, 0.3) is 0 Å². The number of hydrogen-bond donors (Lipinski definition) is 2. The van der Waals surface area contributed by atoms with E-state index in [1.807, 2.05) is 0 Å². The Morgan fingerprint density at radius 1 is 1.09 bits per heavy atom. The lowest BCUT2D eigenvalue weighted by Crippen LogP contribution is -2.44. The first-order valence-corrected chi connectivity index (χ1v) is 6.11. The van der Waals surface area contributed by atoms with Crippen LogP contribution in [0.5, 0.6) is 0 Å². The van der Waals surface area contributed by atoms with Gasteiger partial charge in [0, 0.05) is 12.1 Å². The van der Waals surface area contributed by atoms with Crippen LogP contribution in [0.3, 0.4) is 0 Å². The predicted octanol–water partition coefficient (Wildman–Crippen LogP) is 1.34. The minimum absolute atomic E-state index is 0.354.